The Morgan fingerprint density at radius 3 is 2.47 bits per heavy atom. The minimum absolute atomic E-state index is 0.257. The van der Waals surface area contributed by atoms with E-state index in [4.69, 9.17) is 11.6 Å². The predicted molar refractivity (Wildman–Crippen MR) is 55.5 cm³/mol. The molecule has 78 valence electrons. The maximum Gasteiger partial charge on any atom is 0.321 e. The molecule has 2 N–H and O–H groups in total. The highest BCUT2D eigenvalue weighted by molar-refractivity contribution is 6.30. The van der Waals surface area contributed by atoms with Crippen molar-refractivity contribution in [2.75, 3.05) is 0 Å². The third kappa shape index (κ3) is 2.27. The van der Waals surface area contributed by atoms with Crippen molar-refractivity contribution in [3.05, 3.63) is 34.9 Å². The summed E-state index contributed by atoms with van der Waals surface area (Å²) in [5.41, 5.74) is 0.877. The summed E-state index contributed by atoms with van der Waals surface area (Å²) in [6.07, 6.45) is 0.257. The maximum absolute atomic E-state index is 11.1. The quantitative estimate of drug-likeness (QED) is 0.762. The van der Waals surface area contributed by atoms with E-state index in [1.54, 1.807) is 24.3 Å². The van der Waals surface area contributed by atoms with E-state index in [0.717, 1.165) is 5.56 Å². The Labute approximate surface area is 91.6 Å². The third-order valence-electron chi connectivity index (χ3n) is 2.22. The maximum atomic E-state index is 11.1. The van der Waals surface area contributed by atoms with Crippen LogP contribution in [0.5, 0.6) is 0 Å². The molecule has 0 radical (unpaired) electrons. The lowest BCUT2D eigenvalue weighted by Gasteiger charge is -2.23. The van der Waals surface area contributed by atoms with Crippen molar-refractivity contribution in [1.82, 2.24) is 10.6 Å². The van der Waals surface area contributed by atoms with E-state index < -0.39 is 6.03 Å². The summed E-state index contributed by atoms with van der Waals surface area (Å²) in [4.78, 5) is 22.2. The van der Waals surface area contributed by atoms with E-state index in [9.17, 15) is 9.59 Å². The fraction of sp³-hybridized carbons (Fsp3) is 0.200. The highest BCUT2D eigenvalue weighted by Gasteiger charge is 2.24. The number of carbonyl (C=O) groups is 2. The fourth-order valence-electron chi connectivity index (χ4n) is 1.50. The van der Waals surface area contributed by atoms with Gasteiger partial charge in [-0.2, -0.15) is 0 Å². The number of hydrogen-bond donors (Lipinski definition) is 2. The Morgan fingerprint density at radius 2 is 1.87 bits per heavy atom. The molecule has 0 aliphatic carbocycles. The number of urea groups is 1. The van der Waals surface area contributed by atoms with E-state index in [1.165, 1.54) is 0 Å². The molecule has 1 fully saturated rings. The van der Waals surface area contributed by atoms with E-state index in [2.05, 4.69) is 10.6 Å². The van der Waals surface area contributed by atoms with Gasteiger partial charge in [-0.05, 0) is 17.7 Å². The van der Waals surface area contributed by atoms with Gasteiger partial charge in [0, 0.05) is 5.02 Å². The molecule has 1 aromatic rings. The van der Waals surface area contributed by atoms with Crippen molar-refractivity contribution < 1.29 is 9.59 Å². The first-order chi connectivity index (χ1) is 7.15. The first-order valence-electron chi connectivity index (χ1n) is 4.51. The van der Waals surface area contributed by atoms with Gasteiger partial charge in [-0.1, -0.05) is 23.7 Å². The van der Waals surface area contributed by atoms with Crippen LogP contribution in [-0.4, -0.2) is 11.9 Å². The van der Waals surface area contributed by atoms with E-state index in [-0.39, 0.29) is 18.4 Å². The van der Waals surface area contributed by atoms with Gasteiger partial charge in [0.2, 0.25) is 5.91 Å². The van der Waals surface area contributed by atoms with Gasteiger partial charge in [-0.25, -0.2) is 4.79 Å². The van der Waals surface area contributed by atoms with Gasteiger partial charge >= 0.3 is 6.03 Å². The summed E-state index contributed by atoms with van der Waals surface area (Å²) in [6.45, 7) is 0. The molecular formula is C10H9ClN2O2. The molecule has 2 rings (SSSR count). The van der Waals surface area contributed by atoms with E-state index in [0.29, 0.717) is 5.02 Å². The number of nitrogens with one attached hydrogen (secondary N) is 2. The fourth-order valence-corrected chi connectivity index (χ4v) is 1.63. The van der Waals surface area contributed by atoms with Crippen LogP contribution in [0.15, 0.2) is 24.3 Å². The van der Waals surface area contributed by atoms with Crippen LogP contribution in [-0.2, 0) is 4.79 Å². The lowest BCUT2D eigenvalue weighted by molar-refractivity contribution is -0.121. The molecule has 1 saturated heterocycles. The molecule has 0 aromatic heterocycles. The summed E-state index contributed by atoms with van der Waals surface area (Å²) >= 11 is 5.74. The molecule has 1 aromatic carbocycles. The highest BCUT2D eigenvalue weighted by atomic mass is 35.5. The van der Waals surface area contributed by atoms with Gasteiger partial charge in [0.05, 0.1) is 12.5 Å². The van der Waals surface area contributed by atoms with Crippen molar-refractivity contribution in [1.29, 1.82) is 0 Å². The van der Waals surface area contributed by atoms with Crippen LogP contribution in [0.3, 0.4) is 0 Å². The summed E-state index contributed by atoms with van der Waals surface area (Å²) < 4.78 is 0. The normalized spacial score (nSPS) is 20.7. The topological polar surface area (TPSA) is 58.2 Å². The van der Waals surface area contributed by atoms with Crippen molar-refractivity contribution >= 4 is 23.5 Å². The van der Waals surface area contributed by atoms with Gasteiger partial charge in [0.15, 0.2) is 0 Å². The largest absolute Gasteiger partial charge is 0.330 e. The molecule has 0 unspecified atom stereocenters. The van der Waals surface area contributed by atoms with Gasteiger partial charge in [0.1, 0.15) is 0 Å². The second kappa shape index (κ2) is 3.90. The van der Waals surface area contributed by atoms with Crippen LogP contribution >= 0.6 is 11.6 Å². The lowest BCUT2D eigenvalue weighted by Crippen LogP contribution is -2.48. The molecule has 1 aliphatic heterocycles. The number of amides is 3. The van der Waals surface area contributed by atoms with Crippen LogP contribution in [0.4, 0.5) is 4.79 Å². The predicted octanol–water partition coefficient (Wildman–Crippen LogP) is 1.61. The van der Waals surface area contributed by atoms with Gasteiger partial charge < -0.3 is 5.32 Å². The smallest absolute Gasteiger partial charge is 0.321 e. The van der Waals surface area contributed by atoms with Crippen molar-refractivity contribution in [3.8, 4) is 0 Å². The molecule has 15 heavy (non-hydrogen) atoms. The Balaban J connectivity index is 2.19. The number of benzene rings is 1. The lowest BCUT2D eigenvalue weighted by atomic mass is 10.0. The summed E-state index contributed by atoms with van der Waals surface area (Å²) in [5.74, 6) is -0.265. The zero-order chi connectivity index (χ0) is 10.8. The molecule has 4 nitrogen and oxygen atoms in total. The Bertz CT molecular complexity index is 386. The first-order valence-corrected chi connectivity index (χ1v) is 4.89. The van der Waals surface area contributed by atoms with Gasteiger partial charge in [0.25, 0.3) is 0 Å². The van der Waals surface area contributed by atoms with Crippen molar-refractivity contribution in [3.63, 3.8) is 0 Å². The molecule has 1 aliphatic rings. The molecular weight excluding hydrogens is 216 g/mol. The number of rotatable bonds is 1. The van der Waals surface area contributed by atoms with Crippen LogP contribution in [0.25, 0.3) is 0 Å². The zero-order valence-corrected chi connectivity index (χ0v) is 8.54. The standard InChI is InChI=1S/C10H9ClN2O2/c11-7-3-1-6(2-4-7)8-5-9(14)13-10(15)12-8/h1-4,8H,5H2,(H2,12,13,14,15)/t8-/m1/s1. The number of halogens is 1. The van der Waals surface area contributed by atoms with Crippen LogP contribution in [0, 0.1) is 0 Å². The monoisotopic (exact) mass is 224 g/mol. The summed E-state index contributed by atoms with van der Waals surface area (Å²) in [5, 5.41) is 5.47. The van der Waals surface area contributed by atoms with Gasteiger partial charge in [-0.3, -0.25) is 10.1 Å². The molecule has 3 amide bonds. The molecule has 0 saturated carbocycles. The highest BCUT2D eigenvalue weighted by Crippen LogP contribution is 2.20. The summed E-state index contributed by atoms with van der Waals surface area (Å²) in [7, 11) is 0. The Morgan fingerprint density at radius 1 is 1.20 bits per heavy atom. The Kier molecular flexibility index (Phi) is 2.60. The number of hydrogen-bond acceptors (Lipinski definition) is 2. The minimum Gasteiger partial charge on any atom is -0.330 e. The molecule has 1 heterocycles. The van der Waals surface area contributed by atoms with Crippen molar-refractivity contribution in [2.45, 2.75) is 12.5 Å². The SMILES string of the molecule is O=C1C[C@H](c2ccc(Cl)cc2)NC(=O)N1. The molecule has 1 atom stereocenters. The Hall–Kier alpha value is -1.55. The molecule has 5 heteroatoms. The summed E-state index contributed by atoms with van der Waals surface area (Å²) in [6, 6.07) is 6.35. The number of imide groups is 1. The van der Waals surface area contributed by atoms with Crippen molar-refractivity contribution in [2.24, 2.45) is 0 Å². The molecule has 0 spiro atoms. The second-order valence-electron chi connectivity index (χ2n) is 3.33. The number of carbonyl (C=O) groups excluding carboxylic acids is 2. The minimum atomic E-state index is -0.453. The second-order valence-corrected chi connectivity index (χ2v) is 3.77. The van der Waals surface area contributed by atoms with Crippen LogP contribution in [0.2, 0.25) is 5.02 Å². The van der Waals surface area contributed by atoms with Crippen LogP contribution in [0.1, 0.15) is 18.0 Å². The van der Waals surface area contributed by atoms with Gasteiger partial charge in [-0.15, -0.1) is 0 Å². The first kappa shape index (κ1) is 9.98. The van der Waals surface area contributed by atoms with Crippen LogP contribution < -0.4 is 10.6 Å². The van der Waals surface area contributed by atoms with E-state index in [1.807, 2.05) is 0 Å². The third-order valence-corrected chi connectivity index (χ3v) is 2.47. The zero-order valence-electron chi connectivity index (χ0n) is 7.79. The molecule has 0 bridgehead atoms. The van der Waals surface area contributed by atoms with E-state index >= 15 is 0 Å². The average Bonchev–Trinajstić information content (AvgIpc) is 2.17. The average molecular weight is 225 g/mol.